The Labute approximate surface area is 138 Å². The smallest absolute Gasteiger partial charge is 0.387 e. The van der Waals surface area contributed by atoms with E-state index in [9.17, 15) is 18.0 Å². The lowest BCUT2D eigenvalue weighted by atomic mass is 10.3. The van der Waals surface area contributed by atoms with Crippen molar-refractivity contribution in [2.45, 2.75) is 6.61 Å². The number of hydrogen-bond acceptors (Lipinski definition) is 3. The number of thiophene rings is 1. The molecule has 3 nitrogen and oxygen atoms in total. The summed E-state index contributed by atoms with van der Waals surface area (Å²) in [6.07, 6.45) is 0. The zero-order chi connectivity index (χ0) is 15.6. The van der Waals surface area contributed by atoms with E-state index in [0.29, 0.717) is 4.88 Å². The number of carbonyl (C=O) groups excluding carboxylic acids is 1. The molecule has 0 spiro atoms. The molecule has 1 heterocycles. The summed E-state index contributed by atoms with van der Waals surface area (Å²) in [5, 5.41) is 2.47. The number of anilines is 1. The number of hydrogen-bond donors (Lipinski definition) is 1. The summed E-state index contributed by atoms with van der Waals surface area (Å²) in [7, 11) is 0. The number of benzene rings is 1. The van der Waals surface area contributed by atoms with Crippen molar-refractivity contribution < 1.29 is 22.7 Å². The zero-order valence-electron chi connectivity index (χ0n) is 10.0. The molecule has 2 aromatic rings. The van der Waals surface area contributed by atoms with Gasteiger partial charge in [0.2, 0.25) is 0 Å². The second-order valence-corrected chi connectivity index (χ2v) is 6.93. The maximum absolute atomic E-state index is 13.5. The quantitative estimate of drug-likeness (QED) is 0.697. The fraction of sp³-hybridized carbons (Fsp3) is 0.0833. The second kappa shape index (κ2) is 6.80. The van der Waals surface area contributed by atoms with Crippen LogP contribution in [0.3, 0.4) is 0 Å². The van der Waals surface area contributed by atoms with Crippen LogP contribution >= 0.6 is 43.2 Å². The van der Waals surface area contributed by atoms with Gasteiger partial charge in [0.25, 0.3) is 5.91 Å². The van der Waals surface area contributed by atoms with E-state index in [2.05, 4.69) is 41.9 Å². The first-order valence-electron chi connectivity index (χ1n) is 5.37. The van der Waals surface area contributed by atoms with Gasteiger partial charge in [-0.2, -0.15) is 8.78 Å². The van der Waals surface area contributed by atoms with Crippen molar-refractivity contribution in [2.24, 2.45) is 0 Å². The van der Waals surface area contributed by atoms with E-state index in [4.69, 9.17) is 0 Å². The Morgan fingerprint density at radius 2 is 2.00 bits per heavy atom. The van der Waals surface area contributed by atoms with Crippen LogP contribution in [0, 0.1) is 5.82 Å². The second-order valence-electron chi connectivity index (χ2n) is 3.71. The number of amides is 1. The maximum atomic E-state index is 13.5. The number of nitrogens with one attached hydrogen (secondary N) is 1. The minimum atomic E-state index is -3.11. The molecule has 0 atom stereocenters. The molecule has 1 amide bonds. The van der Waals surface area contributed by atoms with E-state index in [0.717, 1.165) is 20.4 Å². The first kappa shape index (κ1) is 16.3. The lowest BCUT2D eigenvalue weighted by molar-refractivity contribution is -0.0521. The molecule has 21 heavy (non-hydrogen) atoms. The van der Waals surface area contributed by atoms with E-state index < -0.39 is 24.1 Å². The lowest BCUT2D eigenvalue weighted by Crippen LogP contribution is -2.10. The van der Waals surface area contributed by atoms with Gasteiger partial charge in [0.15, 0.2) is 11.6 Å². The Hall–Kier alpha value is -1.06. The molecule has 0 aliphatic rings. The molecule has 0 unspecified atom stereocenters. The molecular formula is C12H6Br2F3NO2S. The molecule has 0 aliphatic heterocycles. The molecule has 9 heteroatoms. The monoisotopic (exact) mass is 443 g/mol. The van der Waals surface area contributed by atoms with Gasteiger partial charge < -0.3 is 10.1 Å². The normalized spacial score (nSPS) is 10.8. The highest BCUT2D eigenvalue weighted by atomic mass is 79.9. The van der Waals surface area contributed by atoms with Crippen molar-refractivity contribution in [3.8, 4) is 5.75 Å². The Bertz CT molecular complexity index is 659. The summed E-state index contributed by atoms with van der Waals surface area (Å²) in [5.74, 6) is -2.00. The number of halogens is 5. The summed E-state index contributed by atoms with van der Waals surface area (Å²) < 4.78 is 43.0. The Balaban J connectivity index is 2.12. The Morgan fingerprint density at radius 1 is 1.29 bits per heavy atom. The van der Waals surface area contributed by atoms with Gasteiger partial charge >= 0.3 is 6.61 Å². The van der Waals surface area contributed by atoms with Gasteiger partial charge in [0.1, 0.15) is 0 Å². The molecule has 0 radical (unpaired) electrons. The molecule has 1 aromatic heterocycles. The molecule has 1 aromatic carbocycles. The third-order valence-corrected chi connectivity index (χ3v) is 5.53. The highest BCUT2D eigenvalue weighted by molar-refractivity contribution is 9.13. The molecule has 112 valence electrons. The van der Waals surface area contributed by atoms with E-state index in [1.807, 2.05) is 0 Å². The van der Waals surface area contributed by atoms with Crippen molar-refractivity contribution in [2.75, 3.05) is 5.32 Å². The first-order chi connectivity index (χ1) is 9.86. The van der Waals surface area contributed by atoms with Crippen LogP contribution in [-0.2, 0) is 0 Å². The van der Waals surface area contributed by atoms with Gasteiger partial charge in [-0.15, -0.1) is 11.3 Å². The van der Waals surface area contributed by atoms with Crippen molar-refractivity contribution in [1.82, 2.24) is 0 Å². The zero-order valence-corrected chi connectivity index (χ0v) is 14.0. The number of alkyl halides is 2. The minimum absolute atomic E-state index is 0.139. The third-order valence-electron chi connectivity index (χ3n) is 2.27. The van der Waals surface area contributed by atoms with Crippen molar-refractivity contribution in [3.63, 3.8) is 0 Å². The van der Waals surface area contributed by atoms with E-state index in [-0.39, 0.29) is 5.69 Å². The van der Waals surface area contributed by atoms with Crippen LogP contribution in [0.5, 0.6) is 5.75 Å². The molecule has 2 rings (SSSR count). The third kappa shape index (κ3) is 4.21. The fourth-order valence-electron chi connectivity index (χ4n) is 1.42. The van der Waals surface area contributed by atoms with Crippen molar-refractivity contribution in [3.05, 3.63) is 43.2 Å². The van der Waals surface area contributed by atoms with E-state index >= 15 is 0 Å². The van der Waals surface area contributed by atoms with Gasteiger partial charge in [0, 0.05) is 16.2 Å². The van der Waals surface area contributed by atoms with Crippen LogP contribution in [0.15, 0.2) is 32.5 Å². The standard InChI is InChI=1S/C12H6Br2F3NO2S/c13-6-4-9(21-10(6)14)11(19)18-5-1-2-8(7(15)3-5)20-12(16)17/h1-4,12H,(H,18,19). The molecular weight excluding hydrogens is 439 g/mol. The summed E-state index contributed by atoms with van der Waals surface area (Å²) in [5.41, 5.74) is 0.139. The van der Waals surface area contributed by atoms with Crippen LogP contribution in [-0.4, -0.2) is 12.5 Å². The summed E-state index contributed by atoms with van der Waals surface area (Å²) in [6, 6.07) is 4.82. The SMILES string of the molecule is O=C(Nc1ccc(OC(F)F)c(F)c1)c1cc(Br)c(Br)s1. The average Bonchev–Trinajstić information content (AvgIpc) is 2.73. The first-order valence-corrected chi connectivity index (χ1v) is 7.77. The van der Waals surface area contributed by atoms with Crippen LogP contribution in [0.4, 0.5) is 18.9 Å². The Kier molecular flexibility index (Phi) is 5.28. The largest absolute Gasteiger partial charge is 0.432 e. The summed E-state index contributed by atoms with van der Waals surface area (Å²) in [6.45, 7) is -3.11. The number of carbonyl (C=O) groups is 1. The van der Waals surface area contributed by atoms with Gasteiger partial charge in [-0.1, -0.05) is 0 Å². The van der Waals surface area contributed by atoms with Gasteiger partial charge in [-0.25, -0.2) is 4.39 Å². The average molecular weight is 445 g/mol. The molecule has 1 N–H and O–H groups in total. The van der Waals surface area contributed by atoms with Crippen LogP contribution in [0.2, 0.25) is 0 Å². The van der Waals surface area contributed by atoms with Gasteiger partial charge in [-0.3, -0.25) is 4.79 Å². The van der Waals surface area contributed by atoms with E-state index in [1.54, 1.807) is 6.07 Å². The molecule has 0 saturated heterocycles. The molecule has 0 bridgehead atoms. The van der Waals surface area contributed by atoms with Crippen LogP contribution in [0.25, 0.3) is 0 Å². The Morgan fingerprint density at radius 3 is 2.52 bits per heavy atom. The molecule has 0 fully saturated rings. The fourth-order valence-corrected chi connectivity index (χ4v) is 3.35. The van der Waals surface area contributed by atoms with Gasteiger partial charge in [0.05, 0.1) is 8.66 Å². The summed E-state index contributed by atoms with van der Waals surface area (Å²) >= 11 is 7.71. The molecule has 0 saturated carbocycles. The van der Waals surface area contributed by atoms with Crippen LogP contribution < -0.4 is 10.1 Å². The predicted octanol–water partition coefficient (Wildman–Crippen LogP) is 5.27. The van der Waals surface area contributed by atoms with Crippen molar-refractivity contribution >= 4 is 54.8 Å². The van der Waals surface area contributed by atoms with Gasteiger partial charge in [-0.05, 0) is 50.1 Å². The van der Waals surface area contributed by atoms with Crippen molar-refractivity contribution in [1.29, 1.82) is 0 Å². The molecule has 0 aliphatic carbocycles. The topological polar surface area (TPSA) is 38.3 Å². The lowest BCUT2D eigenvalue weighted by Gasteiger charge is -2.08. The number of rotatable bonds is 4. The highest BCUT2D eigenvalue weighted by Gasteiger charge is 2.14. The minimum Gasteiger partial charge on any atom is -0.432 e. The highest BCUT2D eigenvalue weighted by Crippen LogP contribution is 2.33. The maximum Gasteiger partial charge on any atom is 0.387 e. The summed E-state index contributed by atoms with van der Waals surface area (Å²) in [4.78, 5) is 12.3. The van der Waals surface area contributed by atoms with Crippen LogP contribution in [0.1, 0.15) is 9.67 Å². The predicted molar refractivity (Wildman–Crippen MR) is 80.7 cm³/mol. The van der Waals surface area contributed by atoms with E-state index in [1.165, 1.54) is 17.4 Å². The number of ether oxygens (including phenoxy) is 1.